The summed E-state index contributed by atoms with van der Waals surface area (Å²) < 4.78 is 35.1. The second-order valence-electron chi connectivity index (χ2n) is 5.56. The van der Waals surface area contributed by atoms with E-state index in [1.165, 1.54) is 0 Å². The molecule has 1 aromatic carbocycles. The van der Waals surface area contributed by atoms with Crippen LogP contribution in [0.2, 0.25) is 0 Å². The average molecular weight is 472 g/mol. The summed E-state index contributed by atoms with van der Waals surface area (Å²) in [7, 11) is -3.79. The third-order valence-electron chi connectivity index (χ3n) is 3.38. The molecule has 0 aliphatic rings. The lowest BCUT2D eigenvalue weighted by atomic mass is 10.1. The fourth-order valence-corrected chi connectivity index (χ4v) is 3.71. The smallest absolute Gasteiger partial charge is 0.264 e. The van der Waals surface area contributed by atoms with E-state index in [-0.39, 0.29) is 5.75 Å². The molecule has 23 heavy (non-hydrogen) atoms. The first-order valence-corrected chi connectivity index (χ1v) is 11.1. The monoisotopic (exact) mass is 470 g/mol. The van der Waals surface area contributed by atoms with Crippen molar-refractivity contribution in [3.63, 3.8) is 0 Å². The highest BCUT2D eigenvalue weighted by Gasteiger charge is 2.23. The van der Waals surface area contributed by atoms with Crippen molar-refractivity contribution >= 4 is 42.0 Å². The summed E-state index contributed by atoms with van der Waals surface area (Å²) >= 11 is 7.11. The van der Waals surface area contributed by atoms with Crippen LogP contribution in [-0.4, -0.2) is 22.1 Å². The van der Waals surface area contributed by atoms with Gasteiger partial charge in [-0.15, -0.1) is 0 Å². The predicted octanol–water partition coefficient (Wildman–Crippen LogP) is 5.52. The van der Waals surface area contributed by atoms with E-state index in [1.807, 2.05) is 30.3 Å². The third kappa shape index (κ3) is 12.0. The van der Waals surface area contributed by atoms with E-state index in [9.17, 15) is 8.42 Å². The Morgan fingerprint density at radius 2 is 1.43 bits per heavy atom. The molecule has 0 saturated carbocycles. The van der Waals surface area contributed by atoms with Crippen molar-refractivity contribution in [3.05, 3.63) is 30.3 Å². The minimum Gasteiger partial charge on any atom is -0.466 e. The van der Waals surface area contributed by atoms with Crippen LogP contribution in [0.3, 0.4) is 0 Å². The fraction of sp³-hybridized carbons (Fsp3) is 0.625. The molecule has 0 amide bonds. The first-order valence-electron chi connectivity index (χ1n) is 7.86. The standard InChI is InChI=1S/C16H24Br2O4S/c17-16(18,22-15-11-7-6-8-12-15)13-9-4-2-1-3-5-10-14-23(19,20)21/h6-8,11-12H,1-5,9-10,13-14H2,(H,19,20,21). The first-order chi connectivity index (χ1) is 10.8. The van der Waals surface area contributed by atoms with Gasteiger partial charge in [-0.3, -0.25) is 4.55 Å². The van der Waals surface area contributed by atoms with E-state index in [4.69, 9.17) is 9.29 Å². The maximum Gasteiger partial charge on any atom is 0.264 e. The Kier molecular flexibility index (Phi) is 9.73. The largest absolute Gasteiger partial charge is 0.466 e. The number of ether oxygens (including phenoxy) is 1. The Morgan fingerprint density at radius 1 is 0.913 bits per heavy atom. The maximum atomic E-state index is 10.6. The maximum absolute atomic E-state index is 10.6. The fourth-order valence-electron chi connectivity index (χ4n) is 2.21. The summed E-state index contributed by atoms with van der Waals surface area (Å²) in [4.78, 5) is 0. The van der Waals surface area contributed by atoms with E-state index in [0.29, 0.717) is 6.42 Å². The lowest BCUT2D eigenvalue weighted by molar-refractivity contribution is 0.253. The molecule has 7 heteroatoms. The van der Waals surface area contributed by atoms with E-state index < -0.39 is 13.5 Å². The molecule has 0 spiro atoms. The summed E-state index contributed by atoms with van der Waals surface area (Å²) in [5.74, 6) is 0.694. The van der Waals surface area contributed by atoms with Crippen LogP contribution in [0.15, 0.2) is 30.3 Å². The second-order valence-corrected chi connectivity index (χ2v) is 10.8. The molecule has 0 aliphatic heterocycles. The van der Waals surface area contributed by atoms with Gasteiger partial charge < -0.3 is 4.74 Å². The number of unbranched alkanes of at least 4 members (excludes halogenated alkanes) is 6. The highest BCUT2D eigenvalue weighted by Crippen LogP contribution is 2.35. The molecular formula is C16H24Br2O4S. The molecule has 0 saturated heterocycles. The average Bonchev–Trinajstić information content (AvgIpc) is 2.45. The van der Waals surface area contributed by atoms with Crippen LogP contribution in [-0.2, 0) is 10.1 Å². The predicted molar refractivity (Wildman–Crippen MR) is 101 cm³/mol. The molecule has 0 heterocycles. The van der Waals surface area contributed by atoms with Crippen molar-refractivity contribution in [3.8, 4) is 5.75 Å². The van der Waals surface area contributed by atoms with Gasteiger partial charge in [0.05, 0.1) is 5.75 Å². The molecule has 0 fully saturated rings. The van der Waals surface area contributed by atoms with Crippen molar-refractivity contribution in [1.82, 2.24) is 0 Å². The van der Waals surface area contributed by atoms with Gasteiger partial charge in [0.2, 0.25) is 3.42 Å². The normalized spacial score (nSPS) is 12.3. The Balaban J connectivity index is 2.03. The summed E-state index contributed by atoms with van der Waals surface area (Å²) in [6.07, 6.45) is 7.58. The Morgan fingerprint density at radius 3 is 2.00 bits per heavy atom. The highest BCUT2D eigenvalue weighted by molar-refractivity contribution is 9.25. The van der Waals surface area contributed by atoms with E-state index in [1.54, 1.807) is 0 Å². The van der Waals surface area contributed by atoms with Crippen molar-refractivity contribution in [2.45, 2.75) is 54.8 Å². The van der Waals surface area contributed by atoms with Gasteiger partial charge in [0.1, 0.15) is 5.75 Å². The highest BCUT2D eigenvalue weighted by atomic mass is 79.9. The molecule has 0 atom stereocenters. The van der Waals surface area contributed by atoms with Crippen LogP contribution in [0.25, 0.3) is 0 Å². The van der Waals surface area contributed by atoms with Gasteiger partial charge in [-0.05, 0) is 56.8 Å². The number of benzene rings is 1. The summed E-state index contributed by atoms with van der Waals surface area (Å²) in [5, 5.41) is 0. The number of halogens is 2. The Labute approximate surface area is 156 Å². The number of alkyl halides is 2. The van der Waals surface area contributed by atoms with Gasteiger partial charge in [-0.25, -0.2) is 0 Å². The Bertz CT molecular complexity index is 532. The molecule has 0 unspecified atom stereocenters. The number of para-hydroxylation sites is 1. The molecule has 0 radical (unpaired) electrons. The molecule has 132 valence electrons. The van der Waals surface area contributed by atoms with E-state index in [2.05, 4.69) is 31.9 Å². The number of hydrogen-bond donors (Lipinski definition) is 1. The third-order valence-corrected chi connectivity index (χ3v) is 5.30. The zero-order valence-electron chi connectivity index (χ0n) is 13.1. The van der Waals surface area contributed by atoms with Crippen LogP contribution in [0.1, 0.15) is 51.4 Å². The van der Waals surface area contributed by atoms with Gasteiger partial charge in [-0.2, -0.15) is 8.42 Å². The van der Waals surface area contributed by atoms with Crippen molar-refractivity contribution in [1.29, 1.82) is 0 Å². The summed E-state index contributed by atoms with van der Waals surface area (Å²) in [6, 6.07) is 9.67. The zero-order valence-corrected chi connectivity index (χ0v) is 17.1. The lowest BCUT2D eigenvalue weighted by Gasteiger charge is -2.22. The first kappa shape index (κ1) is 20.9. The van der Waals surface area contributed by atoms with Gasteiger partial charge in [0, 0.05) is 6.42 Å². The van der Waals surface area contributed by atoms with E-state index in [0.717, 1.165) is 50.7 Å². The minimum absolute atomic E-state index is 0.125. The molecule has 1 N–H and O–H groups in total. The van der Waals surface area contributed by atoms with Gasteiger partial charge in [-0.1, -0.05) is 50.3 Å². The molecule has 0 aliphatic carbocycles. The molecular weight excluding hydrogens is 448 g/mol. The van der Waals surface area contributed by atoms with Gasteiger partial charge >= 0.3 is 0 Å². The molecule has 1 rings (SSSR count). The topological polar surface area (TPSA) is 63.6 Å². The van der Waals surface area contributed by atoms with Gasteiger partial charge in [0.15, 0.2) is 0 Å². The molecule has 0 bridgehead atoms. The summed E-state index contributed by atoms with van der Waals surface area (Å²) in [5.41, 5.74) is 0. The van der Waals surface area contributed by atoms with Crippen LogP contribution >= 0.6 is 31.9 Å². The quantitative estimate of drug-likeness (QED) is 0.247. The Hall–Kier alpha value is -0.110. The number of rotatable bonds is 12. The minimum atomic E-state index is -3.79. The molecule has 0 aromatic heterocycles. The zero-order chi connectivity index (χ0) is 17.2. The van der Waals surface area contributed by atoms with Crippen LogP contribution < -0.4 is 4.74 Å². The van der Waals surface area contributed by atoms with Crippen molar-refractivity contribution < 1.29 is 17.7 Å². The van der Waals surface area contributed by atoms with Crippen molar-refractivity contribution in [2.24, 2.45) is 0 Å². The summed E-state index contributed by atoms with van der Waals surface area (Å²) in [6.45, 7) is 0. The SMILES string of the molecule is O=S(=O)(O)CCCCCCCCCC(Br)(Br)Oc1ccccc1. The van der Waals surface area contributed by atoms with Crippen LogP contribution in [0, 0.1) is 0 Å². The molecule has 1 aromatic rings. The van der Waals surface area contributed by atoms with Crippen LogP contribution in [0.5, 0.6) is 5.75 Å². The van der Waals surface area contributed by atoms with Crippen LogP contribution in [0.4, 0.5) is 0 Å². The van der Waals surface area contributed by atoms with E-state index >= 15 is 0 Å². The number of hydrogen-bond acceptors (Lipinski definition) is 3. The lowest BCUT2D eigenvalue weighted by Crippen LogP contribution is -2.20. The molecule has 4 nitrogen and oxygen atoms in total. The van der Waals surface area contributed by atoms with Gasteiger partial charge in [0.25, 0.3) is 10.1 Å². The van der Waals surface area contributed by atoms with Crippen molar-refractivity contribution in [2.75, 3.05) is 5.75 Å². The second kappa shape index (κ2) is 10.7.